The van der Waals surface area contributed by atoms with Crippen molar-refractivity contribution in [1.29, 1.82) is 0 Å². The first-order valence-electron chi connectivity index (χ1n) is 26.1. The Labute approximate surface area is 372 Å². The predicted octanol–water partition coefficient (Wildman–Crippen LogP) is 13.5. The van der Waals surface area contributed by atoms with Crippen LogP contribution in [-0.4, -0.2) is 75.5 Å². The minimum Gasteiger partial charge on any atom is -0.544 e. The lowest BCUT2D eigenvalue weighted by atomic mass is 10.0. The molecule has 0 bridgehead atoms. The molecule has 0 rings (SSSR count). The summed E-state index contributed by atoms with van der Waals surface area (Å²) in [5.74, 6) is -1.71. The number of quaternary nitrogens is 1. The summed E-state index contributed by atoms with van der Waals surface area (Å²) in [6, 6.07) is -0.720. The number of hydrogen-bond acceptors (Lipinski definition) is 7. The Morgan fingerprint density at radius 1 is 0.433 bits per heavy atom. The number of carbonyl (C=O) groups excluding carboxylic acids is 3. The number of esters is 2. The Morgan fingerprint density at radius 2 is 0.733 bits per heavy atom. The number of rotatable bonds is 48. The van der Waals surface area contributed by atoms with Gasteiger partial charge in [-0.2, -0.15) is 0 Å². The summed E-state index contributed by atoms with van der Waals surface area (Å²) in [5.41, 5.74) is 0. The van der Waals surface area contributed by atoms with Crippen LogP contribution in [0.3, 0.4) is 0 Å². The molecule has 8 heteroatoms. The fourth-order valence-electron chi connectivity index (χ4n) is 8.19. The highest BCUT2D eigenvalue weighted by molar-refractivity contribution is 5.70. The number of hydrogen-bond donors (Lipinski definition) is 0. The Kier molecular flexibility index (Phi) is 42.7. The number of likely N-dealkylation sites (N-methyl/N-ethyl adjacent to an activating group) is 1. The van der Waals surface area contributed by atoms with E-state index in [0.29, 0.717) is 12.8 Å². The summed E-state index contributed by atoms with van der Waals surface area (Å²) >= 11 is 0. The third kappa shape index (κ3) is 41.7. The molecule has 0 aliphatic rings. The van der Waals surface area contributed by atoms with Crippen LogP contribution in [0.15, 0.2) is 0 Å². The number of unbranched alkanes of at least 4 members (excludes halogenated alkanes) is 34. The largest absolute Gasteiger partial charge is 0.544 e. The number of carboxylic acid groups (broad SMARTS) is 1. The van der Waals surface area contributed by atoms with Crippen LogP contribution in [0.4, 0.5) is 0 Å². The second-order valence-corrected chi connectivity index (χ2v) is 19.1. The molecule has 0 aromatic carbocycles. The van der Waals surface area contributed by atoms with Crippen molar-refractivity contribution in [1.82, 2.24) is 0 Å². The lowest BCUT2D eigenvalue weighted by Gasteiger charge is -2.34. The lowest BCUT2D eigenvalue weighted by Crippen LogP contribution is -2.55. The van der Waals surface area contributed by atoms with Gasteiger partial charge in [0.05, 0.1) is 40.3 Å². The van der Waals surface area contributed by atoms with E-state index in [0.717, 1.165) is 38.5 Å². The van der Waals surface area contributed by atoms with E-state index in [4.69, 9.17) is 14.2 Å². The quantitative estimate of drug-likeness (QED) is 0.0341. The first-order chi connectivity index (χ1) is 29.1. The summed E-state index contributed by atoms with van der Waals surface area (Å²) in [6.45, 7) is 4.72. The first kappa shape index (κ1) is 58.3. The Balaban J connectivity index is 4.13. The van der Waals surface area contributed by atoms with Crippen LogP contribution in [0, 0.1) is 0 Å². The molecule has 0 saturated carbocycles. The van der Waals surface area contributed by atoms with E-state index >= 15 is 0 Å². The van der Waals surface area contributed by atoms with Gasteiger partial charge in [0.25, 0.3) is 0 Å². The van der Waals surface area contributed by atoms with Crippen LogP contribution in [0.25, 0.3) is 0 Å². The van der Waals surface area contributed by atoms with E-state index in [1.165, 1.54) is 193 Å². The summed E-state index contributed by atoms with van der Waals surface area (Å²) in [4.78, 5) is 37.0. The van der Waals surface area contributed by atoms with Gasteiger partial charge in [0.2, 0.25) is 0 Å². The minimum absolute atomic E-state index is 0.0497. The van der Waals surface area contributed by atoms with Crippen LogP contribution in [0.5, 0.6) is 0 Å². The molecule has 356 valence electrons. The molecule has 0 aromatic heterocycles. The molecule has 8 nitrogen and oxygen atoms in total. The monoisotopic (exact) mass is 852 g/mol. The molecule has 0 aliphatic heterocycles. The Morgan fingerprint density at radius 3 is 1.03 bits per heavy atom. The topological polar surface area (TPSA) is 102 Å². The van der Waals surface area contributed by atoms with Crippen LogP contribution < -0.4 is 5.11 Å². The van der Waals surface area contributed by atoms with Gasteiger partial charge < -0.3 is 28.6 Å². The fourth-order valence-corrected chi connectivity index (χ4v) is 8.19. The molecular formula is C52H101NO7. The minimum atomic E-state index is -1.12. The maximum absolute atomic E-state index is 12.8. The number of carboxylic acids is 1. The predicted molar refractivity (Wildman–Crippen MR) is 250 cm³/mol. The molecule has 0 aliphatic carbocycles. The second kappa shape index (κ2) is 44.0. The van der Waals surface area contributed by atoms with Crippen molar-refractivity contribution in [2.24, 2.45) is 0 Å². The third-order valence-corrected chi connectivity index (χ3v) is 12.2. The van der Waals surface area contributed by atoms with Crippen molar-refractivity contribution >= 4 is 17.9 Å². The SMILES string of the molecule is CCCCCCCCCCCCCCCCCCCCCCCCCC(=O)OC(COCCC(C(=O)[O-])[N+](C)(C)C)COC(=O)CCCCCCCCCCCCCCC. The maximum atomic E-state index is 12.8. The lowest BCUT2D eigenvalue weighted by molar-refractivity contribution is -0.889. The van der Waals surface area contributed by atoms with E-state index in [9.17, 15) is 19.5 Å². The molecule has 2 atom stereocenters. The molecule has 0 radical (unpaired) electrons. The average Bonchev–Trinajstić information content (AvgIpc) is 3.21. The van der Waals surface area contributed by atoms with E-state index in [-0.39, 0.29) is 42.7 Å². The molecule has 0 heterocycles. The zero-order valence-corrected chi connectivity index (χ0v) is 40.7. The number of aliphatic carboxylic acids is 1. The van der Waals surface area contributed by atoms with Gasteiger partial charge in [0.15, 0.2) is 6.10 Å². The van der Waals surface area contributed by atoms with Gasteiger partial charge in [-0.15, -0.1) is 0 Å². The van der Waals surface area contributed by atoms with E-state index < -0.39 is 18.1 Å². The smallest absolute Gasteiger partial charge is 0.306 e. The second-order valence-electron chi connectivity index (χ2n) is 19.1. The molecule has 60 heavy (non-hydrogen) atoms. The van der Waals surface area contributed by atoms with Crippen molar-refractivity contribution in [2.45, 2.75) is 276 Å². The molecule has 0 amide bonds. The van der Waals surface area contributed by atoms with Gasteiger partial charge in [-0.25, -0.2) is 0 Å². The van der Waals surface area contributed by atoms with Crippen molar-refractivity contribution in [3.8, 4) is 0 Å². The number of carbonyl (C=O) groups is 3. The highest BCUT2D eigenvalue weighted by atomic mass is 16.6. The van der Waals surface area contributed by atoms with Crippen LogP contribution in [-0.2, 0) is 28.6 Å². The van der Waals surface area contributed by atoms with Crippen LogP contribution in [0.1, 0.15) is 264 Å². The molecule has 0 aromatic rings. The first-order valence-corrected chi connectivity index (χ1v) is 26.1. The highest BCUT2D eigenvalue weighted by Gasteiger charge is 2.25. The van der Waals surface area contributed by atoms with Crippen molar-refractivity contribution < 1.29 is 38.2 Å². The zero-order valence-electron chi connectivity index (χ0n) is 40.7. The molecule has 0 fully saturated rings. The van der Waals surface area contributed by atoms with Crippen LogP contribution in [0.2, 0.25) is 0 Å². The van der Waals surface area contributed by atoms with Gasteiger partial charge >= 0.3 is 11.9 Å². The average molecular weight is 852 g/mol. The Hall–Kier alpha value is -1.67. The van der Waals surface area contributed by atoms with Gasteiger partial charge in [-0.1, -0.05) is 232 Å². The Bertz CT molecular complexity index is 951. The zero-order chi connectivity index (χ0) is 44.2. The van der Waals surface area contributed by atoms with E-state index in [1.807, 2.05) is 21.1 Å². The van der Waals surface area contributed by atoms with Gasteiger partial charge in [0, 0.05) is 19.3 Å². The summed E-state index contributed by atoms with van der Waals surface area (Å²) < 4.78 is 17.3. The highest BCUT2D eigenvalue weighted by Crippen LogP contribution is 2.17. The molecule has 0 N–H and O–H groups in total. The van der Waals surface area contributed by atoms with Gasteiger partial charge in [0.1, 0.15) is 12.6 Å². The number of ether oxygens (including phenoxy) is 3. The standard InChI is InChI=1S/C52H101NO7/c1-6-8-10-12-14-16-18-20-21-22-23-24-25-26-27-28-29-31-33-35-37-39-41-43-51(55)60-48(46-58-45-44-49(52(56)57)53(3,4)5)47-59-50(54)42-40-38-36-34-32-30-19-17-15-13-11-9-7-2/h48-49H,6-47H2,1-5H3. The summed E-state index contributed by atoms with van der Waals surface area (Å²) in [7, 11) is 5.43. The van der Waals surface area contributed by atoms with Gasteiger partial charge in [-0.05, 0) is 12.8 Å². The van der Waals surface area contributed by atoms with Crippen molar-refractivity contribution in [2.75, 3.05) is 41.0 Å². The molecule has 0 spiro atoms. The van der Waals surface area contributed by atoms with Crippen molar-refractivity contribution in [3.63, 3.8) is 0 Å². The summed E-state index contributed by atoms with van der Waals surface area (Å²) in [6.07, 6.45) is 47.1. The fraction of sp³-hybridized carbons (Fsp3) is 0.942. The van der Waals surface area contributed by atoms with E-state index in [1.54, 1.807) is 0 Å². The third-order valence-electron chi connectivity index (χ3n) is 12.2. The maximum Gasteiger partial charge on any atom is 0.306 e. The normalized spacial score (nSPS) is 12.8. The summed E-state index contributed by atoms with van der Waals surface area (Å²) in [5, 5.41) is 11.6. The molecular weight excluding hydrogens is 751 g/mol. The molecule has 0 saturated heterocycles. The number of nitrogens with zero attached hydrogens (tertiary/aromatic N) is 1. The molecule has 2 unspecified atom stereocenters. The van der Waals surface area contributed by atoms with Gasteiger partial charge in [-0.3, -0.25) is 9.59 Å². The van der Waals surface area contributed by atoms with E-state index in [2.05, 4.69) is 13.8 Å². The van der Waals surface area contributed by atoms with Crippen molar-refractivity contribution in [3.05, 3.63) is 0 Å². The van der Waals surface area contributed by atoms with Crippen LogP contribution >= 0.6 is 0 Å².